The third kappa shape index (κ3) is 2.14. The number of hydrogen-bond donors (Lipinski definition) is 0. The van der Waals surface area contributed by atoms with E-state index >= 15 is 0 Å². The van der Waals surface area contributed by atoms with Crippen molar-refractivity contribution in [1.29, 1.82) is 0 Å². The summed E-state index contributed by atoms with van der Waals surface area (Å²) >= 11 is 0. The minimum atomic E-state index is -0.434. The molecule has 94 valence electrons. The molecule has 0 amide bonds. The Kier molecular flexibility index (Phi) is 2.87. The zero-order valence-electron chi connectivity index (χ0n) is 11.4. The van der Waals surface area contributed by atoms with Crippen LogP contribution in [0.25, 0.3) is 0 Å². The normalized spacial score (nSPS) is 22.4. The monoisotopic (exact) mass is 237 g/mol. The first-order valence-electron chi connectivity index (χ1n) is 6.05. The highest BCUT2D eigenvalue weighted by atomic mass is 16.7. The quantitative estimate of drug-likeness (QED) is 0.739. The van der Waals surface area contributed by atoms with E-state index in [1.54, 1.807) is 0 Å². The molecule has 17 heavy (non-hydrogen) atoms. The van der Waals surface area contributed by atoms with Gasteiger partial charge in [-0.2, -0.15) is 0 Å². The molecule has 2 rings (SSSR count). The van der Waals surface area contributed by atoms with Gasteiger partial charge in [0, 0.05) is 12.0 Å². The fourth-order valence-electron chi connectivity index (χ4n) is 1.65. The molecule has 0 atom stereocenters. The van der Waals surface area contributed by atoms with Crippen LogP contribution in [0.15, 0.2) is 10.6 Å². The molecule has 1 fully saturated rings. The minimum absolute atomic E-state index is 0.318. The predicted molar refractivity (Wildman–Crippen MR) is 66.3 cm³/mol. The minimum Gasteiger partial charge on any atom is -0.398 e. The molecule has 4 nitrogen and oxygen atoms in total. The second-order valence-corrected chi connectivity index (χ2v) is 5.90. The maximum absolute atomic E-state index is 5.90. The van der Waals surface area contributed by atoms with E-state index in [0.29, 0.717) is 11.5 Å². The lowest BCUT2D eigenvalue weighted by Gasteiger charge is -2.32. The van der Waals surface area contributed by atoms with Crippen molar-refractivity contribution >= 4 is 12.7 Å². The van der Waals surface area contributed by atoms with Crippen LogP contribution in [0.3, 0.4) is 0 Å². The summed E-state index contributed by atoms with van der Waals surface area (Å²) in [7, 11) is -0.434. The highest BCUT2D eigenvalue weighted by Gasteiger charge is 2.52. The molecule has 1 aromatic rings. The molecule has 1 aliphatic rings. The van der Waals surface area contributed by atoms with Crippen molar-refractivity contribution in [2.45, 2.75) is 58.7 Å². The van der Waals surface area contributed by atoms with Crippen molar-refractivity contribution in [3.8, 4) is 0 Å². The smallest absolute Gasteiger partial charge is 0.398 e. The van der Waals surface area contributed by atoms with Gasteiger partial charge in [0.15, 0.2) is 0 Å². The molecule has 0 aliphatic carbocycles. The molecule has 1 aromatic heterocycles. The van der Waals surface area contributed by atoms with E-state index in [1.165, 1.54) is 0 Å². The van der Waals surface area contributed by atoms with Crippen molar-refractivity contribution in [2.75, 3.05) is 0 Å². The van der Waals surface area contributed by atoms with E-state index in [1.807, 2.05) is 33.8 Å². The van der Waals surface area contributed by atoms with Crippen molar-refractivity contribution in [1.82, 2.24) is 5.16 Å². The third-order valence-electron chi connectivity index (χ3n) is 3.61. The number of aromatic nitrogens is 1. The fourth-order valence-corrected chi connectivity index (χ4v) is 1.65. The van der Waals surface area contributed by atoms with Crippen molar-refractivity contribution in [3.63, 3.8) is 0 Å². The third-order valence-corrected chi connectivity index (χ3v) is 3.61. The molecule has 0 N–H and O–H groups in total. The van der Waals surface area contributed by atoms with Crippen LogP contribution >= 0.6 is 0 Å². The van der Waals surface area contributed by atoms with E-state index < -0.39 is 7.12 Å². The second kappa shape index (κ2) is 3.85. The fraction of sp³-hybridized carbons (Fsp3) is 0.750. The van der Waals surface area contributed by atoms with E-state index in [9.17, 15) is 0 Å². The summed E-state index contributed by atoms with van der Waals surface area (Å²) in [5.41, 5.74) is 0.0378. The summed E-state index contributed by atoms with van der Waals surface area (Å²) in [4.78, 5) is 0. The standard InChI is InChI=1S/C12H20BNO3/c1-8(2)9-7-10(14-15-9)13-16-11(3,4)12(5,6)17-13/h7-8H,1-6H3. The Morgan fingerprint density at radius 2 is 1.65 bits per heavy atom. The van der Waals surface area contributed by atoms with Crippen LogP contribution in [0.2, 0.25) is 0 Å². The Hall–Kier alpha value is -0.805. The van der Waals surface area contributed by atoms with Gasteiger partial charge in [0.25, 0.3) is 0 Å². The average Bonchev–Trinajstić information content (AvgIpc) is 2.70. The summed E-state index contributed by atoms with van der Waals surface area (Å²) in [6, 6.07) is 1.91. The van der Waals surface area contributed by atoms with Crippen LogP contribution < -0.4 is 5.59 Å². The first-order valence-corrected chi connectivity index (χ1v) is 6.05. The Morgan fingerprint density at radius 1 is 1.12 bits per heavy atom. The predicted octanol–water partition coefficient (Wildman–Crippen LogP) is 2.10. The van der Waals surface area contributed by atoms with Crippen LogP contribution in [0.5, 0.6) is 0 Å². The largest absolute Gasteiger partial charge is 0.518 e. The van der Waals surface area contributed by atoms with Gasteiger partial charge in [-0.1, -0.05) is 19.0 Å². The van der Waals surface area contributed by atoms with E-state index in [-0.39, 0.29) is 11.2 Å². The molecular weight excluding hydrogens is 217 g/mol. The van der Waals surface area contributed by atoms with Crippen LogP contribution in [-0.2, 0) is 9.31 Å². The molecule has 0 radical (unpaired) electrons. The average molecular weight is 237 g/mol. The van der Waals surface area contributed by atoms with Gasteiger partial charge >= 0.3 is 7.12 Å². The van der Waals surface area contributed by atoms with Gasteiger partial charge < -0.3 is 13.8 Å². The zero-order valence-corrected chi connectivity index (χ0v) is 11.4. The SMILES string of the molecule is CC(C)c1cc(B2OC(C)(C)C(C)(C)O2)no1. The molecule has 1 saturated heterocycles. The Bertz CT molecular complexity index is 396. The van der Waals surface area contributed by atoms with Crippen molar-refractivity contribution in [2.24, 2.45) is 0 Å². The molecule has 0 aromatic carbocycles. The number of rotatable bonds is 2. The summed E-state index contributed by atoms with van der Waals surface area (Å²) in [6.45, 7) is 12.2. The van der Waals surface area contributed by atoms with Gasteiger partial charge in [0.05, 0.1) is 11.2 Å². The zero-order chi connectivity index (χ0) is 12.8. The number of hydrogen-bond acceptors (Lipinski definition) is 4. The topological polar surface area (TPSA) is 44.5 Å². The molecule has 1 aliphatic heterocycles. The van der Waals surface area contributed by atoms with E-state index in [4.69, 9.17) is 13.8 Å². The van der Waals surface area contributed by atoms with Crippen molar-refractivity contribution < 1.29 is 13.8 Å². The highest BCUT2D eigenvalue weighted by Crippen LogP contribution is 2.36. The second-order valence-electron chi connectivity index (χ2n) is 5.90. The Balaban J connectivity index is 2.20. The summed E-state index contributed by atoms with van der Waals surface area (Å²) in [5.74, 6) is 1.17. The van der Waals surface area contributed by atoms with Gasteiger partial charge in [-0.3, -0.25) is 0 Å². The molecular formula is C12H20BNO3. The van der Waals surface area contributed by atoms with Gasteiger partial charge in [0.1, 0.15) is 11.4 Å². The highest BCUT2D eigenvalue weighted by molar-refractivity contribution is 6.61. The molecule has 0 saturated carbocycles. The Morgan fingerprint density at radius 3 is 2.06 bits per heavy atom. The van der Waals surface area contributed by atoms with Crippen LogP contribution in [0.1, 0.15) is 53.2 Å². The summed E-state index contributed by atoms with van der Waals surface area (Å²) < 4.78 is 17.1. The maximum atomic E-state index is 5.90. The maximum Gasteiger partial charge on any atom is 0.518 e. The first-order chi connectivity index (χ1) is 7.73. The van der Waals surface area contributed by atoms with E-state index in [2.05, 4.69) is 19.0 Å². The first kappa shape index (κ1) is 12.6. The van der Waals surface area contributed by atoms with Gasteiger partial charge in [-0.25, -0.2) is 0 Å². The van der Waals surface area contributed by atoms with E-state index in [0.717, 1.165) is 5.76 Å². The molecule has 2 heterocycles. The number of nitrogens with zero attached hydrogens (tertiary/aromatic N) is 1. The summed E-state index contributed by atoms with van der Waals surface area (Å²) in [5, 5.41) is 4.03. The van der Waals surface area contributed by atoms with Gasteiger partial charge in [-0.15, -0.1) is 0 Å². The van der Waals surface area contributed by atoms with Crippen molar-refractivity contribution in [3.05, 3.63) is 11.8 Å². The molecule has 0 unspecified atom stereocenters. The molecule has 5 heteroatoms. The lowest BCUT2D eigenvalue weighted by Crippen LogP contribution is -2.41. The lowest BCUT2D eigenvalue weighted by atomic mass is 9.84. The van der Waals surface area contributed by atoms with Crippen LogP contribution in [-0.4, -0.2) is 23.5 Å². The summed E-state index contributed by atoms with van der Waals surface area (Å²) in [6.07, 6.45) is 0. The molecule has 0 bridgehead atoms. The van der Waals surface area contributed by atoms with Crippen LogP contribution in [0, 0.1) is 0 Å². The van der Waals surface area contributed by atoms with Gasteiger partial charge in [0.2, 0.25) is 0 Å². The molecule has 0 spiro atoms. The Labute approximate surface area is 103 Å². The van der Waals surface area contributed by atoms with Gasteiger partial charge in [-0.05, 0) is 27.7 Å². The van der Waals surface area contributed by atoms with Crippen LogP contribution in [0.4, 0.5) is 0 Å². The lowest BCUT2D eigenvalue weighted by molar-refractivity contribution is 0.00578.